The molecule has 0 fully saturated rings. The Kier molecular flexibility index (Phi) is 6.70. The van der Waals surface area contributed by atoms with Gasteiger partial charge in [0.25, 0.3) is 0 Å². The first-order valence-electron chi connectivity index (χ1n) is 9.25. The summed E-state index contributed by atoms with van der Waals surface area (Å²) in [5.41, 5.74) is 2.09. The standard InChI is InChI=1S/C20H25N5OS/c1-4-24-15-17(19(23-24)26-6-3)18-21-22-20(25(18)5-2)27-14-10-13-16-11-8-7-9-12-16/h7-13,15H,4-6,14H2,1-3H3/b13-10+. The van der Waals surface area contributed by atoms with Gasteiger partial charge in [0.2, 0.25) is 5.88 Å². The van der Waals surface area contributed by atoms with Crippen molar-refractivity contribution in [2.75, 3.05) is 12.4 Å². The second-order valence-corrected chi connectivity index (χ2v) is 6.80. The lowest BCUT2D eigenvalue weighted by molar-refractivity contribution is 0.322. The number of nitrogens with zero attached hydrogens (tertiary/aromatic N) is 5. The average Bonchev–Trinajstić information content (AvgIpc) is 3.29. The summed E-state index contributed by atoms with van der Waals surface area (Å²) in [5, 5.41) is 14.2. The van der Waals surface area contributed by atoms with Crippen LogP contribution in [-0.2, 0) is 13.1 Å². The van der Waals surface area contributed by atoms with E-state index in [1.54, 1.807) is 11.8 Å². The Morgan fingerprint density at radius 1 is 1.07 bits per heavy atom. The number of aromatic nitrogens is 5. The summed E-state index contributed by atoms with van der Waals surface area (Å²) in [6, 6.07) is 10.3. The molecule has 0 amide bonds. The monoisotopic (exact) mass is 383 g/mol. The molecule has 0 aliphatic carbocycles. The summed E-state index contributed by atoms with van der Waals surface area (Å²) in [5.74, 6) is 2.25. The predicted molar refractivity (Wildman–Crippen MR) is 110 cm³/mol. The van der Waals surface area contributed by atoms with Crippen molar-refractivity contribution < 1.29 is 4.74 Å². The third-order valence-electron chi connectivity index (χ3n) is 4.03. The zero-order valence-electron chi connectivity index (χ0n) is 16.0. The molecular formula is C20H25N5OS. The van der Waals surface area contributed by atoms with Crippen LogP contribution in [0.15, 0.2) is 47.8 Å². The highest BCUT2D eigenvalue weighted by Crippen LogP contribution is 2.30. The number of ether oxygens (including phenoxy) is 1. The third kappa shape index (κ3) is 4.60. The van der Waals surface area contributed by atoms with Gasteiger partial charge in [0.05, 0.1) is 6.61 Å². The van der Waals surface area contributed by atoms with Gasteiger partial charge in [-0.1, -0.05) is 54.2 Å². The van der Waals surface area contributed by atoms with Gasteiger partial charge in [0.15, 0.2) is 11.0 Å². The largest absolute Gasteiger partial charge is 0.476 e. The lowest BCUT2D eigenvalue weighted by Gasteiger charge is -2.06. The van der Waals surface area contributed by atoms with Crippen LogP contribution < -0.4 is 4.74 Å². The summed E-state index contributed by atoms with van der Waals surface area (Å²) >= 11 is 1.67. The molecular weight excluding hydrogens is 358 g/mol. The van der Waals surface area contributed by atoms with Crippen molar-refractivity contribution in [3.63, 3.8) is 0 Å². The Hall–Kier alpha value is -2.54. The maximum Gasteiger partial charge on any atom is 0.243 e. The number of thioether (sulfide) groups is 1. The number of hydrogen-bond donors (Lipinski definition) is 0. The SMILES string of the molecule is CCOc1nn(CC)cc1-c1nnc(SC/C=C/c2ccccc2)n1CC. The Morgan fingerprint density at radius 3 is 2.59 bits per heavy atom. The van der Waals surface area contributed by atoms with Gasteiger partial charge in [-0.15, -0.1) is 15.3 Å². The van der Waals surface area contributed by atoms with Crippen molar-refractivity contribution in [1.82, 2.24) is 24.5 Å². The van der Waals surface area contributed by atoms with Crippen molar-refractivity contribution in [3.05, 3.63) is 48.2 Å². The smallest absolute Gasteiger partial charge is 0.243 e. The molecule has 3 rings (SSSR count). The maximum atomic E-state index is 5.70. The van der Waals surface area contributed by atoms with E-state index < -0.39 is 0 Å². The molecule has 27 heavy (non-hydrogen) atoms. The molecule has 142 valence electrons. The highest BCUT2D eigenvalue weighted by Gasteiger charge is 2.20. The third-order valence-corrected chi connectivity index (χ3v) is 4.94. The first-order valence-corrected chi connectivity index (χ1v) is 10.2. The number of rotatable bonds is 9. The molecule has 3 aromatic rings. The second kappa shape index (κ2) is 9.41. The van der Waals surface area contributed by atoms with E-state index in [2.05, 4.69) is 58.0 Å². The van der Waals surface area contributed by atoms with Crippen molar-refractivity contribution in [1.29, 1.82) is 0 Å². The molecule has 2 aromatic heterocycles. The van der Waals surface area contributed by atoms with Gasteiger partial charge in [-0.2, -0.15) is 0 Å². The number of benzene rings is 1. The van der Waals surface area contributed by atoms with Gasteiger partial charge in [-0.05, 0) is 26.3 Å². The molecule has 0 saturated heterocycles. The lowest BCUT2D eigenvalue weighted by atomic mass is 10.2. The summed E-state index contributed by atoms with van der Waals surface area (Å²) in [6.45, 7) is 8.25. The van der Waals surface area contributed by atoms with Crippen molar-refractivity contribution >= 4 is 17.8 Å². The van der Waals surface area contributed by atoms with Crippen LogP contribution in [0.3, 0.4) is 0 Å². The molecule has 6 nitrogen and oxygen atoms in total. The molecule has 0 saturated carbocycles. The minimum absolute atomic E-state index is 0.569. The summed E-state index contributed by atoms with van der Waals surface area (Å²) in [4.78, 5) is 0. The van der Waals surface area contributed by atoms with Crippen LogP contribution in [0.2, 0.25) is 0 Å². The Labute approximate surface area is 164 Å². The van der Waals surface area contributed by atoms with E-state index in [-0.39, 0.29) is 0 Å². The molecule has 1 aromatic carbocycles. The van der Waals surface area contributed by atoms with Gasteiger partial charge in [-0.3, -0.25) is 4.68 Å². The average molecular weight is 384 g/mol. The fourth-order valence-electron chi connectivity index (χ4n) is 2.71. The van der Waals surface area contributed by atoms with E-state index in [0.29, 0.717) is 12.5 Å². The first-order chi connectivity index (χ1) is 13.3. The van der Waals surface area contributed by atoms with Crippen molar-refractivity contribution in [3.8, 4) is 17.3 Å². The molecule has 0 atom stereocenters. The summed E-state index contributed by atoms with van der Waals surface area (Å²) < 4.78 is 9.68. The van der Waals surface area contributed by atoms with Crippen LogP contribution in [0.25, 0.3) is 17.5 Å². The molecule has 0 unspecified atom stereocenters. The second-order valence-electron chi connectivity index (χ2n) is 5.81. The van der Waals surface area contributed by atoms with Gasteiger partial charge < -0.3 is 9.30 Å². The van der Waals surface area contributed by atoms with E-state index in [4.69, 9.17) is 4.74 Å². The molecule has 7 heteroatoms. The Bertz CT molecular complexity index is 885. The lowest BCUT2D eigenvalue weighted by Crippen LogP contribution is -2.01. The minimum Gasteiger partial charge on any atom is -0.476 e. The van der Waals surface area contributed by atoms with Crippen LogP contribution >= 0.6 is 11.8 Å². The fraction of sp³-hybridized carbons (Fsp3) is 0.350. The molecule has 0 aliphatic heterocycles. The van der Waals surface area contributed by atoms with Crippen LogP contribution in [0, 0.1) is 0 Å². The molecule has 0 bridgehead atoms. The van der Waals surface area contributed by atoms with Gasteiger partial charge in [0.1, 0.15) is 5.56 Å². The molecule has 2 heterocycles. The normalized spacial score (nSPS) is 11.4. The minimum atomic E-state index is 0.569. The van der Waals surface area contributed by atoms with Crippen LogP contribution in [0.1, 0.15) is 26.3 Å². The highest BCUT2D eigenvalue weighted by molar-refractivity contribution is 7.99. The predicted octanol–water partition coefficient (Wildman–Crippen LogP) is 4.39. The Balaban J connectivity index is 1.77. The van der Waals surface area contributed by atoms with E-state index >= 15 is 0 Å². The van der Waals surface area contributed by atoms with Gasteiger partial charge >= 0.3 is 0 Å². The number of aryl methyl sites for hydroxylation is 1. The Morgan fingerprint density at radius 2 is 1.89 bits per heavy atom. The quantitative estimate of drug-likeness (QED) is 0.513. The molecule has 0 spiro atoms. The highest BCUT2D eigenvalue weighted by atomic mass is 32.2. The van der Waals surface area contributed by atoms with Crippen LogP contribution in [0.5, 0.6) is 5.88 Å². The number of hydrogen-bond acceptors (Lipinski definition) is 5. The van der Waals surface area contributed by atoms with Gasteiger partial charge in [0, 0.05) is 25.0 Å². The molecule has 0 radical (unpaired) electrons. The van der Waals surface area contributed by atoms with Crippen LogP contribution in [0.4, 0.5) is 0 Å². The van der Waals surface area contributed by atoms with E-state index in [0.717, 1.165) is 35.4 Å². The van der Waals surface area contributed by atoms with E-state index in [1.807, 2.05) is 36.0 Å². The maximum absolute atomic E-state index is 5.70. The summed E-state index contributed by atoms with van der Waals surface area (Å²) in [6.07, 6.45) is 6.25. The van der Waals surface area contributed by atoms with E-state index in [9.17, 15) is 0 Å². The zero-order chi connectivity index (χ0) is 19.1. The fourth-order valence-corrected chi connectivity index (χ4v) is 3.52. The zero-order valence-corrected chi connectivity index (χ0v) is 16.8. The molecule has 0 aliphatic rings. The van der Waals surface area contributed by atoms with E-state index in [1.165, 1.54) is 5.56 Å². The van der Waals surface area contributed by atoms with Crippen LogP contribution in [-0.4, -0.2) is 36.9 Å². The molecule has 0 N–H and O–H groups in total. The van der Waals surface area contributed by atoms with Crippen molar-refractivity contribution in [2.24, 2.45) is 0 Å². The topological polar surface area (TPSA) is 57.8 Å². The van der Waals surface area contributed by atoms with Gasteiger partial charge in [-0.25, -0.2) is 0 Å². The van der Waals surface area contributed by atoms with Crippen molar-refractivity contribution in [2.45, 2.75) is 39.0 Å². The first kappa shape index (κ1) is 19.2. The summed E-state index contributed by atoms with van der Waals surface area (Å²) in [7, 11) is 0.